The average Bonchev–Trinajstić information content (AvgIpc) is 2.59. The molecule has 25 heavy (non-hydrogen) atoms. The lowest BCUT2D eigenvalue weighted by atomic mass is 10.0. The Hall–Kier alpha value is -1.38. The molecule has 0 spiro atoms. The van der Waals surface area contributed by atoms with Crippen LogP contribution in [0.1, 0.15) is 27.7 Å². The van der Waals surface area contributed by atoms with Gasteiger partial charge in [-0.05, 0) is 39.9 Å². The van der Waals surface area contributed by atoms with Crippen molar-refractivity contribution in [2.24, 2.45) is 10.9 Å². The van der Waals surface area contributed by atoms with E-state index in [-0.39, 0.29) is 17.4 Å². The van der Waals surface area contributed by atoms with E-state index >= 15 is 0 Å². The van der Waals surface area contributed by atoms with Gasteiger partial charge < -0.3 is 4.74 Å². The van der Waals surface area contributed by atoms with Crippen LogP contribution in [0.3, 0.4) is 0 Å². The summed E-state index contributed by atoms with van der Waals surface area (Å²) in [5.41, 5.74) is -0.148. The number of carbonyl (C=O) groups is 2. The van der Waals surface area contributed by atoms with Gasteiger partial charge >= 0.3 is 0 Å². The third-order valence-corrected chi connectivity index (χ3v) is 5.20. The summed E-state index contributed by atoms with van der Waals surface area (Å²) in [6, 6.07) is 0. The molecular weight excluding hydrogens is 340 g/mol. The van der Waals surface area contributed by atoms with Crippen LogP contribution in [0.5, 0.6) is 0 Å². The Kier molecular flexibility index (Phi) is 6.65. The normalized spacial score (nSPS) is 21.7. The van der Waals surface area contributed by atoms with Gasteiger partial charge in [0.15, 0.2) is 11.0 Å². The van der Waals surface area contributed by atoms with Crippen LogP contribution in [0.4, 0.5) is 0 Å². The zero-order valence-corrected chi connectivity index (χ0v) is 16.3. The summed E-state index contributed by atoms with van der Waals surface area (Å²) < 4.78 is 5.39. The van der Waals surface area contributed by atoms with Gasteiger partial charge in [-0.15, -0.1) is 0 Å². The topological polar surface area (TPSA) is 65.5 Å². The predicted molar refractivity (Wildman–Crippen MR) is 101 cm³/mol. The summed E-state index contributed by atoms with van der Waals surface area (Å²) in [6.07, 6.45) is 1.50. The number of amides is 2. The molecule has 0 bridgehead atoms. The van der Waals surface area contributed by atoms with Crippen LogP contribution in [0, 0.1) is 5.92 Å². The number of ether oxygens (including phenoxy) is 1. The molecule has 0 aliphatic carbocycles. The first kappa shape index (κ1) is 19.9. The second-order valence-corrected chi connectivity index (χ2v) is 7.19. The fourth-order valence-electron chi connectivity index (χ4n) is 3.14. The third kappa shape index (κ3) is 4.24. The molecule has 2 amide bonds. The van der Waals surface area contributed by atoms with Gasteiger partial charge in [0.2, 0.25) is 11.8 Å². The third-order valence-electron chi connectivity index (χ3n) is 4.76. The molecule has 0 aromatic rings. The van der Waals surface area contributed by atoms with Gasteiger partial charge in [-0.25, -0.2) is 0 Å². The van der Waals surface area contributed by atoms with Crippen molar-refractivity contribution in [1.82, 2.24) is 14.7 Å². The molecule has 0 atom stereocenters. The quantitative estimate of drug-likeness (QED) is 0.394. The molecule has 2 heterocycles. The summed E-state index contributed by atoms with van der Waals surface area (Å²) in [5.74, 6) is -1.45. The Morgan fingerprint density at radius 1 is 1.16 bits per heavy atom. The monoisotopic (exact) mass is 368 g/mol. The molecule has 0 aromatic heterocycles. The van der Waals surface area contributed by atoms with Crippen LogP contribution in [-0.4, -0.2) is 89.3 Å². The molecule has 0 aromatic carbocycles. The van der Waals surface area contributed by atoms with Crippen molar-refractivity contribution < 1.29 is 14.3 Å². The Morgan fingerprint density at radius 2 is 1.68 bits per heavy atom. The maximum atomic E-state index is 12.6. The SMILES string of the molecule is CCN1C(=O)C(C=NCC(C)(C)N2CCOCC2)C(=O)N(CC)C1=S. The van der Waals surface area contributed by atoms with Crippen LogP contribution in [0.2, 0.25) is 0 Å². The second kappa shape index (κ2) is 8.33. The van der Waals surface area contributed by atoms with E-state index in [2.05, 4.69) is 23.7 Å². The number of carbonyl (C=O) groups excluding carboxylic acids is 2. The van der Waals surface area contributed by atoms with Gasteiger partial charge in [-0.1, -0.05) is 0 Å². The van der Waals surface area contributed by atoms with Crippen LogP contribution < -0.4 is 0 Å². The first-order chi connectivity index (χ1) is 11.8. The van der Waals surface area contributed by atoms with E-state index in [1.807, 2.05) is 13.8 Å². The summed E-state index contributed by atoms with van der Waals surface area (Å²) >= 11 is 5.26. The van der Waals surface area contributed by atoms with Crippen molar-refractivity contribution in [1.29, 1.82) is 0 Å². The van der Waals surface area contributed by atoms with Crippen molar-refractivity contribution in [3.63, 3.8) is 0 Å². The van der Waals surface area contributed by atoms with E-state index in [0.29, 0.717) is 24.7 Å². The molecular formula is C17H28N4O3S. The molecule has 2 fully saturated rings. The smallest absolute Gasteiger partial charge is 0.246 e. The van der Waals surface area contributed by atoms with Crippen LogP contribution in [0.15, 0.2) is 4.99 Å². The summed E-state index contributed by atoms with van der Waals surface area (Å²) in [4.78, 5) is 34.9. The van der Waals surface area contributed by atoms with E-state index in [4.69, 9.17) is 17.0 Å². The van der Waals surface area contributed by atoms with Crippen molar-refractivity contribution in [2.75, 3.05) is 45.9 Å². The lowest BCUT2D eigenvalue weighted by Gasteiger charge is -2.40. The molecule has 7 nitrogen and oxygen atoms in total. The predicted octanol–water partition coefficient (Wildman–Crippen LogP) is 0.780. The molecule has 2 rings (SSSR count). The average molecular weight is 369 g/mol. The number of thiocarbonyl (C=S) groups is 1. The Bertz CT molecular complexity index is 532. The van der Waals surface area contributed by atoms with Crippen LogP contribution in [0.25, 0.3) is 0 Å². The number of hydrogen-bond acceptors (Lipinski definition) is 6. The minimum absolute atomic E-state index is 0.148. The maximum Gasteiger partial charge on any atom is 0.246 e. The highest BCUT2D eigenvalue weighted by molar-refractivity contribution is 7.80. The number of rotatable bonds is 6. The molecule has 2 saturated heterocycles. The standard InChI is InChI=1S/C17H28N4O3S/c1-5-20-14(22)13(15(23)21(6-2)16(20)25)11-18-12-17(3,4)19-7-9-24-10-8-19/h11,13H,5-10,12H2,1-4H3. The largest absolute Gasteiger partial charge is 0.379 e. The number of morpholine rings is 1. The summed E-state index contributed by atoms with van der Waals surface area (Å²) in [7, 11) is 0. The lowest BCUT2D eigenvalue weighted by Crippen LogP contribution is -2.59. The van der Waals surface area contributed by atoms with Gasteiger partial charge in [-0.2, -0.15) is 0 Å². The van der Waals surface area contributed by atoms with Gasteiger partial charge in [-0.3, -0.25) is 29.3 Å². The highest BCUT2D eigenvalue weighted by Gasteiger charge is 2.41. The van der Waals surface area contributed by atoms with E-state index in [1.165, 1.54) is 16.0 Å². The minimum Gasteiger partial charge on any atom is -0.379 e. The molecule has 0 unspecified atom stereocenters. The molecule has 2 aliphatic rings. The van der Waals surface area contributed by atoms with Crippen LogP contribution >= 0.6 is 12.2 Å². The fraction of sp³-hybridized carbons (Fsp3) is 0.765. The van der Waals surface area contributed by atoms with Gasteiger partial charge in [0, 0.05) is 37.9 Å². The highest BCUT2D eigenvalue weighted by Crippen LogP contribution is 2.19. The van der Waals surface area contributed by atoms with Gasteiger partial charge in [0.25, 0.3) is 0 Å². The first-order valence-corrected chi connectivity index (χ1v) is 9.23. The summed E-state index contributed by atoms with van der Waals surface area (Å²) in [6.45, 7) is 12.5. The van der Waals surface area contributed by atoms with Gasteiger partial charge in [0.05, 0.1) is 19.8 Å². The second-order valence-electron chi connectivity index (χ2n) is 6.83. The number of aliphatic imine (C=N–C) groups is 1. The zero-order valence-electron chi connectivity index (χ0n) is 15.5. The molecule has 0 saturated carbocycles. The van der Waals surface area contributed by atoms with E-state index in [0.717, 1.165) is 26.3 Å². The van der Waals surface area contributed by atoms with E-state index < -0.39 is 5.92 Å². The molecule has 0 radical (unpaired) electrons. The van der Waals surface area contributed by atoms with Crippen molar-refractivity contribution in [3.8, 4) is 0 Å². The Labute approximate surface area is 155 Å². The Balaban J connectivity index is 2.08. The van der Waals surface area contributed by atoms with Crippen LogP contribution in [-0.2, 0) is 14.3 Å². The fourth-order valence-corrected chi connectivity index (χ4v) is 3.57. The summed E-state index contributed by atoms with van der Waals surface area (Å²) in [5, 5.41) is 0.290. The minimum atomic E-state index is -0.882. The number of nitrogens with zero attached hydrogens (tertiary/aromatic N) is 4. The zero-order chi connectivity index (χ0) is 18.6. The van der Waals surface area contributed by atoms with E-state index in [1.54, 1.807) is 0 Å². The highest BCUT2D eigenvalue weighted by atomic mass is 32.1. The van der Waals surface area contributed by atoms with Crippen molar-refractivity contribution in [3.05, 3.63) is 0 Å². The number of hydrogen-bond donors (Lipinski definition) is 0. The van der Waals surface area contributed by atoms with Gasteiger partial charge in [0.1, 0.15) is 0 Å². The lowest BCUT2D eigenvalue weighted by molar-refractivity contribution is -0.143. The maximum absolute atomic E-state index is 12.6. The molecule has 2 aliphatic heterocycles. The van der Waals surface area contributed by atoms with Crippen molar-refractivity contribution in [2.45, 2.75) is 33.2 Å². The Morgan fingerprint density at radius 3 is 2.16 bits per heavy atom. The molecule has 140 valence electrons. The molecule has 0 N–H and O–H groups in total. The van der Waals surface area contributed by atoms with Crippen molar-refractivity contribution >= 4 is 35.4 Å². The molecule has 8 heteroatoms. The van der Waals surface area contributed by atoms with E-state index in [9.17, 15) is 9.59 Å². The first-order valence-electron chi connectivity index (χ1n) is 8.83.